The Morgan fingerprint density at radius 3 is 1.90 bits per heavy atom. The predicted molar refractivity (Wildman–Crippen MR) is 130 cm³/mol. The maximum atomic E-state index is 3.52. The van der Waals surface area contributed by atoms with Gasteiger partial charge in [-0.2, -0.15) is 0 Å². The lowest BCUT2D eigenvalue weighted by Crippen LogP contribution is -2.02. The molecular formula is C26H22S3. The number of thiophene rings is 3. The SMILES string of the molecule is C(#CC1CCCCC1)c1ccc(-c2ccc(-c3ccc(-c4ccccc4)s3)s2)s1. The molecule has 4 aromatic rings. The van der Waals surface area contributed by atoms with Gasteiger partial charge in [-0.25, -0.2) is 0 Å². The third kappa shape index (κ3) is 4.41. The molecular weight excluding hydrogens is 408 g/mol. The topological polar surface area (TPSA) is 0 Å². The van der Waals surface area contributed by atoms with Gasteiger partial charge in [0, 0.05) is 30.3 Å². The summed E-state index contributed by atoms with van der Waals surface area (Å²) in [6.45, 7) is 0. The van der Waals surface area contributed by atoms with Crippen molar-refractivity contribution in [1.29, 1.82) is 0 Å². The van der Waals surface area contributed by atoms with E-state index in [2.05, 4.69) is 78.6 Å². The minimum absolute atomic E-state index is 0.611. The molecule has 0 N–H and O–H groups in total. The van der Waals surface area contributed by atoms with Crippen molar-refractivity contribution in [3.05, 3.63) is 71.6 Å². The minimum atomic E-state index is 0.611. The minimum Gasteiger partial charge on any atom is -0.134 e. The van der Waals surface area contributed by atoms with Crippen molar-refractivity contribution < 1.29 is 0 Å². The zero-order chi connectivity index (χ0) is 19.5. The summed E-state index contributed by atoms with van der Waals surface area (Å²) in [6.07, 6.45) is 6.65. The van der Waals surface area contributed by atoms with Crippen molar-refractivity contribution in [2.75, 3.05) is 0 Å². The van der Waals surface area contributed by atoms with Crippen LogP contribution < -0.4 is 0 Å². The van der Waals surface area contributed by atoms with Crippen LogP contribution in [-0.2, 0) is 0 Å². The molecule has 5 rings (SSSR count). The van der Waals surface area contributed by atoms with Crippen LogP contribution in [0.4, 0.5) is 0 Å². The van der Waals surface area contributed by atoms with Crippen LogP contribution >= 0.6 is 34.0 Å². The lowest BCUT2D eigenvalue weighted by Gasteiger charge is -2.15. The summed E-state index contributed by atoms with van der Waals surface area (Å²) < 4.78 is 0. The van der Waals surface area contributed by atoms with Crippen LogP contribution in [0.3, 0.4) is 0 Å². The number of hydrogen-bond acceptors (Lipinski definition) is 3. The van der Waals surface area contributed by atoms with Crippen molar-refractivity contribution in [2.24, 2.45) is 5.92 Å². The second kappa shape index (κ2) is 8.71. The van der Waals surface area contributed by atoms with Crippen molar-refractivity contribution >= 4 is 34.0 Å². The predicted octanol–water partition coefficient (Wildman–Crippen LogP) is 8.80. The van der Waals surface area contributed by atoms with E-state index in [0.717, 1.165) is 0 Å². The van der Waals surface area contributed by atoms with Gasteiger partial charge in [-0.3, -0.25) is 0 Å². The molecule has 1 aromatic carbocycles. The fourth-order valence-electron chi connectivity index (χ4n) is 3.79. The Balaban J connectivity index is 1.33. The Morgan fingerprint density at radius 2 is 1.17 bits per heavy atom. The molecule has 1 aliphatic carbocycles. The summed E-state index contributed by atoms with van der Waals surface area (Å²) in [6, 6.07) is 24.0. The molecule has 0 nitrogen and oxygen atoms in total. The van der Waals surface area contributed by atoms with Crippen LogP contribution in [0, 0.1) is 17.8 Å². The molecule has 0 unspecified atom stereocenters. The molecule has 3 heterocycles. The molecule has 29 heavy (non-hydrogen) atoms. The molecule has 144 valence electrons. The highest BCUT2D eigenvalue weighted by Gasteiger charge is 2.12. The second-order valence-corrected chi connectivity index (χ2v) is 10.7. The van der Waals surface area contributed by atoms with Crippen LogP contribution in [0.15, 0.2) is 66.7 Å². The van der Waals surface area contributed by atoms with Crippen LogP contribution in [0.5, 0.6) is 0 Å². The van der Waals surface area contributed by atoms with Gasteiger partial charge in [-0.05, 0) is 54.8 Å². The molecule has 0 radical (unpaired) electrons. The maximum Gasteiger partial charge on any atom is 0.0775 e. The zero-order valence-corrected chi connectivity index (χ0v) is 18.6. The molecule has 3 heteroatoms. The van der Waals surface area contributed by atoms with E-state index in [1.54, 1.807) is 0 Å². The first-order chi connectivity index (χ1) is 14.3. The number of benzene rings is 1. The third-order valence-corrected chi connectivity index (χ3v) is 8.98. The van der Waals surface area contributed by atoms with Gasteiger partial charge in [-0.1, -0.05) is 61.4 Å². The molecule has 0 bridgehead atoms. The Morgan fingerprint density at radius 1 is 0.586 bits per heavy atom. The highest BCUT2D eigenvalue weighted by molar-refractivity contribution is 7.27. The van der Waals surface area contributed by atoms with Crippen molar-refractivity contribution in [3.63, 3.8) is 0 Å². The average Bonchev–Trinajstić information content (AvgIpc) is 3.54. The first kappa shape index (κ1) is 18.9. The molecule has 1 aliphatic rings. The van der Waals surface area contributed by atoms with Gasteiger partial charge in [0.05, 0.1) is 4.88 Å². The highest BCUT2D eigenvalue weighted by atomic mass is 32.1. The molecule has 0 amide bonds. The smallest absolute Gasteiger partial charge is 0.0775 e. The summed E-state index contributed by atoms with van der Waals surface area (Å²) in [5.41, 5.74) is 1.29. The lowest BCUT2D eigenvalue weighted by atomic mass is 9.90. The lowest BCUT2D eigenvalue weighted by molar-refractivity contribution is 0.430. The van der Waals surface area contributed by atoms with E-state index in [-0.39, 0.29) is 0 Å². The Kier molecular flexibility index (Phi) is 5.67. The van der Waals surface area contributed by atoms with Crippen molar-refractivity contribution in [2.45, 2.75) is 32.1 Å². The van der Waals surface area contributed by atoms with Gasteiger partial charge in [0.1, 0.15) is 0 Å². The third-order valence-electron chi connectivity index (χ3n) is 5.37. The molecule has 1 fully saturated rings. The zero-order valence-electron chi connectivity index (χ0n) is 16.2. The fraction of sp³-hybridized carbons (Fsp3) is 0.231. The number of hydrogen-bond donors (Lipinski definition) is 0. The number of rotatable bonds is 3. The van der Waals surface area contributed by atoms with Gasteiger partial charge >= 0.3 is 0 Å². The normalized spacial score (nSPS) is 14.5. The van der Waals surface area contributed by atoms with Gasteiger partial charge < -0.3 is 0 Å². The second-order valence-electron chi connectivity index (χ2n) is 7.46. The van der Waals surface area contributed by atoms with Gasteiger partial charge in [0.2, 0.25) is 0 Å². The quantitative estimate of drug-likeness (QED) is 0.285. The van der Waals surface area contributed by atoms with Crippen LogP contribution in [-0.4, -0.2) is 0 Å². The highest BCUT2D eigenvalue weighted by Crippen LogP contribution is 2.41. The van der Waals surface area contributed by atoms with Gasteiger partial charge in [0.25, 0.3) is 0 Å². The summed E-state index contributed by atoms with van der Waals surface area (Å²) >= 11 is 5.57. The van der Waals surface area contributed by atoms with E-state index in [0.29, 0.717) is 5.92 Å². The molecule has 3 aromatic heterocycles. The summed E-state index contributed by atoms with van der Waals surface area (Å²) in [5, 5.41) is 0. The Labute approximate surface area is 184 Å². The first-order valence-electron chi connectivity index (χ1n) is 10.2. The monoisotopic (exact) mass is 430 g/mol. The van der Waals surface area contributed by atoms with Crippen molar-refractivity contribution in [3.8, 4) is 41.8 Å². The Bertz CT molecular complexity index is 1140. The molecule has 0 spiro atoms. The van der Waals surface area contributed by atoms with E-state index >= 15 is 0 Å². The van der Waals surface area contributed by atoms with E-state index in [1.165, 1.54) is 66.9 Å². The van der Waals surface area contributed by atoms with Crippen LogP contribution in [0.1, 0.15) is 37.0 Å². The summed E-state index contributed by atoms with van der Waals surface area (Å²) in [7, 11) is 0. The van der Waals surface area contributed by atoms with Crippen molar-refractivity contribution in [1.82, 2.24) is 0 Å². The summed E-state index contributed by atoms with van der Waals surface area (Å²) in [4.78, 5) is 7.87. The fourth-order valence-corrected chi connectivity index (χ4v) is 6.85. The largest absolute Gasteiger partial charge is 0.134 e. The molecule has 0 saturated heterocycles. The Hall–Kier alpha value is -2.12. The average molecular weight is 431 g/mol. The standard InChI is InChI=1S/C26H22S3/c1-3-7-19(8-4-1)11-12-21-13-14-23(27-21)24-17-18-26(29-24)25-16-15-22(28-25)20-9-5-2-6-10-20/h2,5-6,9-10,13-19H,1,3-4,7-8H2. The molecule has 0 atom stereocenters. The van der Waals surface area contributed by atoms with E-state index in [4.69, 9.17) is 0 Å². The summed E-state index contributed by atoms with van der Waals surface area (Å²) in [5.74, 6) is 7.57. The van der Waals surface area contributed by atoms with Crippen LogP contribution in [0.25, 0.3) is 29.9 Å². The van der Waals surface area contributed by atoms with Gasteiger partial charge in [-0.15, -0.1) is 34.0 Å². The van der Waals surface area contributed by atoms with E-state index in [9.17, 15) is 0 Å². The van der Waals surface area contributed by atoms with E-state index < -0.39 is 0 Å². The van der Waals surface area contributed by atoms with Gasteiger partial charge in [0.15, 0.2) is 0 Å². The molecule has 0 aliphatic heterocycles. The first-order valence-corrected chi connectivity index (χ1v) is 12.7. The van der Waals surface area contributed by atoms with E-state index in [1.807, 2.05) is 34.0 Å². The molecule has 1 saturated carbocycles. The van der Waals surface area contributed by atoms with Crippen LogP contribution in [0.2, 0.25) is 0 Å². The maximum absolute atomic E-state index is 3.52.